The van der Waals surface area contributed by atoms with Crippen molar-refractivity contribution >= 4 is 17.5 Å². The number of hydrogen-bond donors (Lipinski definition) is 0. The number of anilines is 2. The lowest BCUT2D eigenvalue weighted by molar-refractivity contribution is 0.0996. The molecule has 5 heterocycles. The van der Waals surface area contributed by atoms with E-state index in [1.54, 1.807) is 11.2 Å². The Morgan fingerprint density at radius 1 is 1.02 bits per heavy atom. The molecule has 0 saturated carbocycles. The van der Waals surface area contributed by atoms with Crippen LogP contribution in [0.3, 0.4) is 0 Å². The third kappa shape index (κ3) is 6.45. The molecule has 3 aromatic rings. The van der Waals surface area contributed by atoms with Gasteiger partial charge < -0.3 is 14.4 Å². The minimum atomic E-state index is -0.00247. The highest BCUT2D eigenvalue weighted by atomic mass is 16.2. The molecular weight excluding hydrogens is 512 g/mol. The molecule has 0 spiro atoms. The van der Waals surface area contributed by atoms with Crippen LogP contribution in [0.15, 0.2) is 30.6 Å². The van der Waals surface area contributed by atoms with Gasteiger partial charge >= 0.3 is 0 Å². The van der Waals surface area contributed by atoms with Gasteiger partial charge in [-0.3, -0.25) is 9.69 Å². The molecule has 2 aliphatic heterocycles. The zero-order chi connectivity index (χ0) is 28.8. The molecule has 2 aliphatic rings. The van der Waals surface area contributed by atoms with Gasteiger partial charge in [0.05, 0.1) is 17.8 Å². The van der Waals surface area contributed by atoms with Gasteiger partial charge in [0.25, 0.3) is 5.91 Å². The molecule has 41 heavy (non-hydrogen) atoms. The Hall–Kier alpha value is -3.33. The topological polar surface area (TPSA) is 83.3 Å². The first-order valence-corrected chi connectivity index (χ1v) is 15.7. The smallest absolute Gasteiger partial charge is 0.260 e. The number of hydrogen-bond acceptors (Lipinski definition) is 7. The van der Waals surface area contributed by atoms with Crippen molar-refractivity contribution in [2.24, 2.45) is 0 Å². The second kappa shape index (κ2) is 13.6. The molecule has 1 amide bonds. The maximum absolute atomic E-state index is 14.0. The van der Waals surface area contributed by atoms with E-state index in [1.807, 2.05) is 28.8 Å². The Kier molecular flexibility index (Phi) is 9.64. The Morgan fingerprint density at radius 2 is 1.85 bits per heavy atom. The summed E-state index contributed by atoms with van der Waals surface area (Å²) in [7, 11) is 2.18. The number of fused-ring (bicyclic) bond motifs is 1. The maximum Gasteiger partial charge on any atom is 0.260 e. The highest BCUT2D eigenvalue weighted by molar-refractivity contribution is 6.10. The van der Waals surface area contributed by atoms with Gasteiger partial charge in [-0.25, -0.2) is 9.97 Å². The lowest BCUT2D eigenvalue weighted by Gasteiger charge is -2.26. The summed E-state index contributed by atoms with van der Waals surface area (Å²) >= 11 is 0. The number of nitrogens with zero attached hydrogens (tertiary/aromatic N) is 8. The molecule has 0 radical (unpaired) electrons. The van der Waals surface area contributed by atoms with Crippen LogP contribution in [-0.2, 0) is 19.6 Å². The standard InChI is InChI=1S/C32H46N8O/c1-5-8-9-10-11-12-18-37(4)22-28-26-21-40(29-17-13-16-27(34-29)31-36-33-23-38(31)7-3)32(41)25(26)20-30(35-28)39-19-14-15-24(39)6-2/h13,16-17,20,23-24H,5-12,14-15,18-19,21-22H2,1-4H3/t24-/m1/s1. The van der Waals surface area contributed by atoms with Gasteiger partial charge in [-0.1, -0.05) is 52.0 Å². The first-order valence-electron chi connectivity index (χ1n) is 15.7. The van der Waals surface area contributed by atoms with Crippen LogP contribution in [0.1, 0.15) is 100 Å². The predicted octanol–water partition coefficient (Wildman–Crippen LogP) is 6.09. The van der Waals surface area contributed by atoms with E-state index in [-0.39, 0.29) is 5.91 Å². The number of unbranched alkanes of at least 4 members (excludes halogenated alkanes) is 5. The normalized spacial score (nSPS) is 16.8. The molecule has 220 valence electrons. The van der Waals surface area contributed by atoms with Crippen LogP contribution in [0.25, 0.3) is 11.5 Å². The van der Waals surface area contributed by atoms with Gasteiger partial charge in [0.1, 0.15) is 23.7 Å². The van der Waals surface area contributed by atoms with Crippen LogP contribution in [0.2, 0.25) is 0 Å². The molecule has 0 N–H and O–H groups in total. The summed E-state index contributed by atoms with van der Waals surface area (Å²) in [4.78, 5) is 30.7. The van der Waals surface area contributed by atoms with E-state index in [1.165, 1.54) is 51.4 Å². The lowest BCUT2D eigenvalue weighted by atomic mass is 10.1. The second-order valence-electron chi connectivity index (χ2n) is 11.6. The Labute approximate surface area is 245 Å². The monoisotopic (exact) mass is 558 g/mol. The molecule has 3 aromatic heterocycles. The first-order chi connectivity index (χ1) is 20.0. The van der Waals surface area contributed by atoms with E-state index < -0.39 is 0 Å². The number of aromatic nitrogens is 5. The maximum atomic E-state index is 14.0. The average molecular weight is 559 g/mol. The van der Waals surface area contributed by atoms with Crippen molar-refractivity contribution < 1.29 is 4.79 Å². The molecule has 9 nitrogen and oxygen atoms in total. The van der Waals surface area contributed by atoms with Crippen LogP contribution in [0.5, 0.6) is 0 Å². The zero-order valence-corrected chi connectivity index (χ0v) is 25.3. The largest absolute Gasteiger partial charge is 0.354 e. The molecule has 0 aromatic carbocycles. The van der Waals surface area contributed by atoms with E-state index in [9.17, 15) is 4.79 Å². The number of rotatable bonds is 14. The average Bonchev–Trinajstić information content (AvgIpc) is 3.74. The summed E-state index contributed by atoms with van der Waals surface area (Å²) in [6.45, 7) is 10.6. The van der Waals surface area contributed by atoms with Gasteiger partial charge in [-0.05, 0) is 64.4 Å². The van der Waals surface area contributed by atoms with Crippen LogP contribution < -0.4 is 9.80 Å². The van der Waals surface area contributed by atoms with Crippen molar-refractivity contribution in [3.8, 4) is 11.5 Å². The van der Waals surface area contributed by atoms with Crippen LogP contribution in [0, 0.1) is 0 Å². The minimum absolute atomic E-state index is 0.00247. The van der Waals surface area contributed by atoms with E-state index in [4.69, 9.17) is 9.97 Å². The van der Waals surface area contributed by atoms with Crippen LogP contribution >= 0.6 is 0 Å². The van der Waals surface area contributed by atoms with Crippen molar-refractivity contribution in [2.45, 2.75) is 104 Å². The highest BCUT2D eigenvalue weighted by Crippen LogP contribution is 2.35. The summed E-state index contributed by atoms with van der Waals surface area (Å²) in [5.41, 5.74) is 3.53. The summed E-state index contributed by atoms with van der Waals surface area (Å²) in [5.74, 6) is 2.29. The molecule has 1 fully saturated rings. The lowest BCUT2D eigenvalue weighted by Crippen LogP contribution is -2.30. The summed E-state index contributed by atoms with van der Waals surface area (Å²) in [6, 6.07) is 8.30. The molecular formula is C32H46N8O. The van der Waals surface area contributed by atoms with Crippen molar-refractivity contribution in [1.29, 1.82) is 0 Å². The fourth-order valence-corrected chi connectivity index (χ4v) is 6.26. The Balaban J connectivity index is 1.40. The van der Waals surface area contributed by atoms with Gasteiger partial charge in [0.15, 0.2) is 5.82 Å². The number of amides is 1. The van der Waals surface area contributed by atoms with E-state index in [0.29, 0.717) is 29.9 Å². The second-order valence-corrected chi connectivity index (χ2v) is 11.6. The molecule has 5 rings (SSSR count). The van der Waals surface area contributed by atoms with Gasteiger partial charge in [-0.2, -0.15) is 0 Å². The van der Waals surface area contributed by atoms with Gasteiger partial charge in [0, 0.05) is 31.2 Å². The third-order valence-corrected chi connectivity index (χ3v) is 8.64. The third-order valence-electron chi connectivity index (χ3n) is 8.64. The zero-order valence-electron chi connectivity index (χ0n) is 25.3. The first kappa shape index (κ1) is 29.2. The van der Waals surface area contributed by atoms with Crippen LogP contribution in [0.4, 0.5) is 11.6 Å². The van der Waals surface area contributed by atoms with Crippen molar-refractivity contribution in [1.82, 2.24) is 29.6 Å². The summed E-state index contributed by atoms with van der Waals surface area (Å²) < 4.78 is 1.96. The van der Waals surface area contributed by atoms with Crippen molar-refractivity contribution in [2.75, 3.05) is 29.9 Å². The Bertz CT molecular complexity index is 1320. The highest BCUT2D eigenvalue weighted by Gasteiger charge is 2.35. The molecule has 0 bridgehead atoms. The molecule has 1 atom stereocenters. The number of carbonyl (C=O) groups excluding carboxylic acids is 1. The summed E-state index contributed by atoms with van der Waals surface area (Å²) in [5, 5.41) is 8.33. The van der Waals surface area contributed by atoms with Gasteiger partial charge in [-0.15, -0.1) is 10.2 Å². The van der Waals surface area contributed by atoms with E-state index in [2.05, 4.69) is 47.8 Å². The van der Waals surface area contributed by atoms with E-state index >= 15 is 0 Å². The SMILES string of the molecule is CCCCCCCCN(C)Cc1nc(N2CCC[C@H]2CC)cc2c1CN(c1cccc(-c3nncn3CC)n1)C2=O. The fourth-order valence-electron chi connectivity index (χ4n) is 6.26. The van der Waals surface area contributed by atoms with Crippen LogP contribution in [-0.4, -0.2) is 61.7 Å². The van der Waals surface area contributed by atoms with Gasteiger partial charge in [0.2, 0.25) is 0 Å². The molecule has 9 heteroatoms. The number of carbonyl (C=O) groups is 1. The number of pyridine rings is 2. The molecule has 0 unspecified atom stereocenters. The summed E-state index contributed by atoms with van der Waals surface area (Å²) in [6.07, 6.45) is 12.9. The van der Waals surface area contributed by atoms with E-state index in [0.717, 1.165) is 55.2 Å². The number of aryl methyl sites for hydroxylation is 1. The predicted molar refractivity (Wildman–Crippen MR) is 164 cm³/mol. The molecule has 0 aliphatic carbocycles. The minimum Gasteiger partial charge on any atom is -0.354 e. The molecule has 1 saturated heterocycles. The Morgan fingerprint density at radius 3 is 2.66 bits per heavy atom. The van der Waals surface area contributed by atoms with Crippen molar-refractivity contribution in [3.63, 3.8) is 0 Å². The quantitative estimate of drug-likeness (QED) is 0.222. The fraction of sp³-hybridized carbons (Fsp3) is 0.594. The van der Waals surface area contributed by atoms with Crippen molar-refractivity contribution in [3.05, 3.63) is 47.4 Å².